The van der Waals surface area contributed by atoms with Gasteiger partial charge in [-0.2, -0.15) is 0 Å². The third-order valence-electron chi connectivity index (χ3n) is 5.93. The highest BCUT2D eigenvalue weighted by atomic mass is 35.5. The fourth-order valence-electron chi connectivity index (χ4n) is 4.24. The molecule has 1 aliphatic carbocycles. The van der Waals surface area contributed by atoms with Crippen LogP contribution in [-0.2, 0) is 22.4 Å². The van der Waals surface area contributed by atoms with Crippen molar-refractivity contribution in [1.82, 2.24) is 4.90 Å². The zero-order valence-corrected chi connectivity index (χ0v) is 17.7. The van der Waals surface area contributed by atoms with Crippen LogP contribution in [0.5, 0.6) is 0 Å². The number of carbonyl (C=O) groups is 2. The van der Waals surface area contributed by atoms with E-state index in [2.05, 4.69) is 10.2 Å². The molecule has 1 saturated heterocycles. The molecule has 4 rings (SSSR count). The molecule has 1 amide bonds. The van der Waals surface area contributed by atoms with E-state index in [0.717, 1.165) is 23.4 Å². The van der Waals surface area contributed by atoms with Gasteiger partial charge in [0.15, 0.2) is 0 Å². The van der Waals surface area contributed by atoms with Gasteiger partial charge in [-0.3, -0.25) is 9.59 Å². The Balaban J connectivity index is 1.33. The summed E-state index contributed by atoms with van der Waals surface area (Å²) in [5.41, 5.74) is 3.96. The first kappa shape index (κ1) is 20.7. The summed E-state index contributed by atoms with van der Waals surface area (Å²) in [6.07, 6.45) is 1.87. The first-order valence-electron chi connectivity index (χ1n) is 10.3. The minimum absolute atomic E-state index is 0.0151. The molecule has 1 heterocycles. The van der Waals surface area contributed by atoms with Crippen molar-refractivity contribution < 1.29 is 14.0 Å². The normalized spacial score (nSPS) is 18.9. The van der Waals surface area contributed by atoms with Crippen LogP contribution in [0, 0.1) is 5.82 Å². The maximum Gasteiger partial charge on any atom is 0.242 e. The molecule has 30 heavy (non-hydrogen) atoms. The van der Waals surface area contributed by atoms with Gasteiger partial charge in [-0.05, 0) is 54.8 Å². The Morgan fingerprint density at radius 3 is 2.77 bits per heavy atom. The summed E-state index contributed by atoms with van der Waals surface area (Å²) in [5.74, 6) is -0.107. The van der Waals surface area contributed by atoms with Crippen LogP contribution in [0.25, 0.3) is 0 Å². The van der Waals surface area contributed by atoms with E-state index in [0.29, 0.717) is 32.5 Å². The van der Waals surface area contributed by atoms with Crippen LogP contribution in [-0.4, -0.2) is 48.8 Å². The van der Waals surface area contributed by atoms with Crippen LogP contribution in [0.3, 0.4) is 0 Å². The number of halogens is 2. The summed E-state index contributed by atoms with van der Waals surface area (Å²) in [4.78, 5) is 28.3. The predicted octanol–water partition coefficient (Wildman–Crippen LogP) is 3.69. The molecule has 7 heteroatoms. The molecule has 2 aliphatic rings. The summed E-state index contributed by atoms with van der Waals surface area (Å²) < 4.78 is 13.8. The van der Waals surface area contributed by atoms with Gasteiger partial charge in [0.2, 0.25) is 5.91 Å². The van der Waals surface area contributed by atoms with Crippen LogP contribution in [0.4, 0.5) is 15.8 Å². The smallest absolute Gasteiger partial charge is 0.242 e. The minimum atomic E-state index is -0.432. The molecule has 0 saturated carbocycles. The van der Waals surface area contributed by atoms with Gasteiger partial charge in [0.05, 0.1) is 11.6 Å². The van der Waals surface area contributed by atoms with E-state index in [1.807, 2.05) is 30.0 Å². The van der Waals surface area contributed by atoms with Gasteiger partial charge in [0.1, 0.15) is 11.6 Å². The second kappa shape index (κ2) is 8.64. The summed E-state index contributed by atoms with van der Waals surface area (Å²) in [6, 6.07) is 10.8. The number of Topliss-reactive ketones (excluding diaryl/α,β-unsaturated/α-hetero) is 1. The quantitative estimate of drug-likeness (QED) is 0.805. The second-order valence-electron chi connectivity index (χ2n) is 8.03. The zero-order chi connectivity index (χ0) is 21.3. The second-order valence-corrected chi connectivity index (χ2v) is 8.44. The summed E-state index contributed by atoms with van der Waals surface area (Å²) in [7, 11) is 0. The van der Waals surface area contributed by atoms with Crippen molar-refractivity contribution in [2.24, 2.45) is 0 Å². The first-order valence-corrected chi connectivity index (χ1v) is 10.7. The third-order valence-corrected chi connectivity index (χ3v) is 6.23. The number of rotatable bonds is 4. The topological polar surface area (TPSA) is 52.6 Å². The number of hydrogen-bond acceptors (Lipinski definition) is 4. The largest absolute Gasteiger partial charge is 0.376 e. The number of carbonyl (C=O) groups excluding carboxylic acids is 2. The lowest BCUT2D eigenvalue weighted by Crippen LogP contribution is -2.55. The van der Waals surface area contributed by atoms with Gasteiger partial charge in [-0.1, -0.05) is 17.7 Å². The molecule has 1 aliphatic heterocycles. The Bertz CT molecular complexity index is 981. The van der Waals surface area contributed by atoms with E-state index in [9.17, 15) is 14.0 Å². The lowest BCUT2D eigenvalue weighted by molar-refractivity contribution is -0.131. The van der Waals surface area contributed by atoms with E-state index in [-0.39, 0.29) is 29.3 Å². The molecule has 1 fully saturated rings. The Labute approximate surface area is 180 Å². The van der Waals surface area contributed by atoms with Crippen molar-refractivity contribution in [3.8, 4) is 0 Å². The first-order chi connectivity index (χ1) is 14.4. The van der Waals surface area contributed by atoms with Crippen molar-refractivity contribution >= 4 is 34.7 Å². The lowest BCUT2D eigenvalue weighted by atomic mass is 9.90. The average molecular weight is 430 g/mol. The van der Waals surface area contributed by atoms with Gasteiger partial charge in [-0.25, -0.2) is 4.39 Å². The number of benzene rings is 2. The van der Waals surface area contributed by atoms with Gasteiger partial charge < -0.3 is 15.1 Å². The van der Waals surface area contributed by atoms with Crippen LogP contribution in [0.2, 0.25) is 5.02 Å². The number of nitrogens with one attached hydrogen (secondary N) is 1. The van der Waals surface area contributed by atoms with E-state index in [1.165, 1.54) is 11.6 Å². The highest BCUT2D eigenvalue weighted by Gasteiger charge is 2.27. The number of ketones is 1. The van der Waals surface area contributed by atoms with Crippen molar-refractivity contribution in [2.45, 2.75) is 32.2 Å². The number of piperazine rings is 1. The minimum Gasteiger partial charge on any atom is -0.376 e. The molecule has 0 spiro atoms. The van der Waals surface area contributed by atoms with E-state index in [4.69, 9.17) is 11.6 Å². The monoisotopic (exact) mass is 429 g/mol. The Morgan fingerprint density at radius 2 is 2.00 bits per heavy atom. The molecule has 0 unspecified atom stereocenters. The predicted molar refractivity (Wildman–Crippen MR) is 117 cm³/mol. The molecule has 158 valence electrons. The molecular weight excluding hydrogens is 405 g/mol. The van der Waals surface area contributed by atoms with Crippen molar-refractivity contribution in [3.63, 3.8) is 0 Å². The highest BCUT2D eigenvalue weighted by molar-refractivity contribution is 6.30. The molecule has 0 radical (unpaired) electrons. The van der Waals surface area contributed by atoms with Crippen LogP contribution in [0.15, 0.2) is 36.4 Å². The lowest BCUT2D eigenvalue weighted by Gasteiger charge is -2.41. The molecular formula is C23H25ClFN3O2. The maximum absolute atomic E-state index is 13.8. The molecule has 0 aromatic heterocycles. The molecule has 1 atom stereocenters. The van der Waals surface area contributed by atoms with E-state index < -0.39 is 5.82 Å². The standard InChI is InChI=1S/C23H25ClFN3O2/c1-15-14-27(19-5-7-21(24)22(25)12-19)8-9-28(15)23(30)13-26-18-4-2-17-11-20(29)6-3-16(17)10-18/h2,4-5,7,10,12,15,26H,3,6,8-9,11,13-14H2,1H3/t15-/m1/s1. The Hall–Kier alpha value is -2.60. The fraction of sp³-hybridized carbons (Fsp3) is 0.391. The Morgan fingerprint density at radius 1 is 1.17 bits per heavy atom. The number of nitrogens with zero attached hydrogens (tertiary/aromatic N) is 2. The van der Waals surface area contributed by atoms with E-state index in [1.54, 1.807) is 12.1 Å². The Kier molecular flexibility index (Phi) is 5.95. The van der Waals surface area contributed by atoms with Crippen molar-refractivity contribution in [3.05, 3.63) is 58.4 Å². The van der Waals surface area contributed by atoms with Gasteiger partial charge in [0.25, 0.3) is 0 Å². The molecule has 5 nitrogen and oxygen atoms in total. The third kappa shape index (κ3) is 4.43. The molecule has 1 N–H and O–H groups in total. The van der Waals surface area contributed by atoms with Crippen LogP contribution in [0.1, 0.15) is 24.5 Å². The zero-order valence-electron chi connectivity index (χ0n) is 17.0. The van der Waals surface area contributed by atoms with Crippen molar-refractivity contribution in [1.29, 1.82) is 0 Å². The summed E-state index contributed by atoms with van der Waals surface area (Å²) >= 11 is 5.78. The number of hydrogen-bond donors (Lipinski definition) is 1. The molecule has 2 aromatic rings. The number of anilines is 2. The van der Waals surface area contributed by atoms with Gasteiger partial charge >= 0.3 is 0 Å². The highest BCUT2D eigenvalue weighted by Crippen LogP contribution is 2.25. The SMILES string of the molecule is C[C@@H]1CN(c2ccc(Cl)c(F)c2)CCN1C(=O)CNc1ccc2c(c1)CCC(=O)C2. The molecule has 2 aromatic carbocycles. The van der Waals surface area contributed by atoms with Crippen LogP contribution < -0.4 is 10.2 Å². The van der Waals surface area contributed by atoms with Gasteiger partial charge in [-0.15, -0.1) is 0 Å². The summed E-state index contributed by atoms with van der Waals surface area (Å²) in [6.45, 7) is 4.09. The van der Waals surface area contributed by atoms with Gasteiger partial charge in [0, 0.05) is 49.9 Å². The fourth-order valence-corrected chi connectivity index (χ4v) is 4.36. The van der Waals surface area contributed by atoms with Crippen LogP contribution >= 0.6 is 11.6 Å². The molecule has 0 bridgehead atoms. The van der Waals surface area contributed by atoms with Crippen molar-refractivity contribution in [2.75, 3.05) is 36.4 Å². The maximum atomic E-state index is 13.8. The average Bonchev–Trinajstić information content (AvgIpc) is 2.73. The summed E-state index contributed by atoms with van der Waals surface area (Å²) in [5, 5.41) is 3.34. The number of amides is 1. The number of aryl methyl sites for hydroxylation is 1. The van der Waals surface area contributed by atoms with E-state index >= 15 is 0 Å². The number of fused-ring (bicyclic) bond motifs is 1.